The molecular formula is C12H28Br2O2Si. The van der Waals surface area contributed by atoms with Gasteiger partial charge < -0.3 is 9.53 Å². The van der Waals surface area contributed by atoms with Crippen molar-refractivity contribution < 1.29 is 9.53 Å². The molecule has 0 saturated carbocycles. The molecule has 0 rings (SSSR count). The van der Waals surface area contributed by atoms with Gasteiger partial charge in [-0.3, -0.25) is 0 Å². The van der Waals surface area contributed by atoms with Crippen LogP contribution in [0.5, 0.6) is 0 Å². The summed E-state index contributed by atoms with van der Waals surface area (Å²) in [7, 11) is -1.46. The van der Waals surface area contributed by atoms with E-state index in [9.17, 15) is 0 Å². The normalized spacial score (nSPS) is 12.0. The monoisotopic (exact) mass is 390 g/mol. The van der Waals surface area contributed by atoms with E-state index in [2.05, 4.69) is 65.7 Å². The van der Waals surface area contributed by atoms with E-state index in [1.54, 1.807) is 0 Å². The van der Waals surface area contributed by atoms with Gasteiger partial charge in [0.15, 0.2) is 8.32 Å². The summed E-state index contributed by atoms with van der Waals surface area (Å²) >= 11 is 6.55. The molecule has 0 amide bonds. The van der Waals surface area contributed by atoms with Gasteiger partial charge in [-0.2, -0.15) is 0 Å². The van der Waals surface area contributed by atoms with Crippen LogP contribution in [-0.2, 0) is 4.43 Å². The van der Waals surface area contributed by atoms with Crippen molar-refractivity contribution in [3.63, 3.8) is 0 Å². The molecule has 0 saturated heterocycles. The molecule has 0 aliphatic heterocycles. The van der Waals surface area contributed by atoms with Crippen LogP contribution in [0.3, 0.4) is 0 Å². The predicted molar refractivity (Wildman–Crippen MR) is 87.1 cm³/mol. The molecule has 2 nitrogen and oxygen atoms in total. The maximum Gasteiger partial charge on any atom is 0.191 e. The Bertz CT molecular complexity index is 168. The predicted octanol–water partition coefficient (Wildman–Crippen LogP) is 4.56. The molecule has 0 aromatic heterocycles. The molecule has 0 aromatic carbocycles. The maximum atomic E-state index is 8.04. The van der Waals surface area contributed by atoms with Gasteiger partial charge in [0.1, 0.15) is 0 Å². The van der Waals surface area contributed by atoms with Crippen LogP contribution in [0.1, 0.15) is 33.6 Å². The number of halogens is 2. The summed E-state index contributed by atoms with van der Waals surface area (Å²) in [5, 5.41) is 10.3. The number of aliphatic hydroxyl groups is 1. The highest BCUT2D eigenvalue weighted by Gasteiger charge is 2.36. The summed E-state index contributed by atoms with van der Waals surface area (Å²) < 4.78 is 5.94. The Kier molecular flexibility index (Phi) is 13.2. The van der Waals surface area contributed by atoms with E-state index in [1.807, 2.05) is 0 Å². The standard InChI is InChI=1S/C9H21BrOSi.C3H7BrO/c1-9(2,3)12(4,5)11-8-6-7-10;4-2-1-3-5/h6-8H2,1-5H3;5H,1-3H2. The van der Waals surface area contributed by atoms with Gasteiger partial charge in [-0.1, -0.05) is 52.6 Å². The van der Waals surface area contributed by atoms with Crippen molar-refractivity contribution in [1.82, 2.24) is 0 Å². The Balaban J connectivity index is 0. The van der Waals surface area contributed by atoms with E-state index in [-0.39, 0.29) is 0 Å². The number of hydrogen-bond donors (Lipinski definition) is 1. The highest BCUT2D eigenvalue weighted by atomic mass is 79.9. The van der Waals surface area contributed by atoms with Crippen molar-refractivity contribution in [3.05, 3.63) is 0 Å². The van der Waals surface area contributed by atoms with Crippen molar-refractivity contribution in [3.8, 4) is 0 Å². The minimum absolute atomic E-state index is 0.297. The van der Waals surface area contributed by atoms with Gasteiger partial charge in [0, 0.05) is 23.9 Å². The first-order valence-corrected chi connectivity index (χ1v) is 11.2. The lowest BCUT2D eigenvalue weighted by Crippen LogP contribution is -2.41. The zero-order valence-electron chi connectivity index (χ0n) is 11.9. The quantitative estimate of drug-likeness (QED) is 0.408. The van der Waals surface area contributed by atoms with Gasteiger partial charge in [-0.05, 0) is 31.0 Å². The van der Waals surface area contributed by atoms with Crippen LogP contribution in [0.15, 0.2) is 0 Å². The Hall–Kier alpha value is 1.10. The summed E-state index contributed by atoms with van der Waals surface area (Å²) in [4.78, 5) is 0. The van der Waals surface area contributed by atoms with Gasteiger partial charge in [0.2, 0.25) is 0 Å². The summed E-state index contributed by atoms with van der Waals surface area (Å²) in [6.07, 6.45) is 1.98. The number of aliphatic hydroxyl groups excluding tert-OH is 1. The Morgan fingerprint density at radius 3 is 1.76 bits per heavy atom. The summed E-state index contributed by atoms with van der Waals surface area (Å²) in [5.41, 5.74) is 0. The van der Waals surface area contributed by atoms with Crippen LogP contribution in [0.25, 0.3) is 0 Å². The molecule has 0 radical (unpaired) electrons. The molecule has 0 atom stereocenters. The zero-order chi connectivity index (χ0) is 13.9. The van der Waals surface area contributed by atoms with Crippen LogP contribution < -0.4 is 0 Å². The fraction of sp³-hybridized carbons (Fsp3) is 1.00. The summed E-state index contributed by atoms with van der Waals surface area (Å²) in [6, 6.07) is 0. The highest BCUT2D eigenvalue weighted by molar-refractivity contribution is 9.09. The zero-order valence-corrected chi connectivity index (χ0v) is 16.0. The molecule has 0 spiro atoms. The van der Waals surface area contributed by atoms with E-state index in [4.69, 9.17) is 9.53 Å². The number of alkyl halides is 2. The van der Waals surface area contributed by atoms with E-state index in [0.717, 1.165) is 30.1 Å². The third-order valence-electron chi connectivity index (χ3n) is 2.84. The molecule has 5 heteroatoms. The van der Waals surface area contributed by atoms with Crippen LogP contribution in [-0.4, -0.2) is 37.3 Å². The first kappa shape index (κ1) is 20.4. The van der Waals surface area contributed by atoms with Crippen molar-refractivity contribution in [2.45, 2.75) is 51.7 Å². The molecule has 17 heavy (non-hydrogen) atoms. The van der Waals surface area contributed by atoms with Crippen molar-refractivity contribution >= 4 is 40.2 Å². The summed E-state index contributed by atoms with van der Waals surface area (Å²) in [6.45, 7) is 12.6. The fourth-order valence-corrected chi connectivity index (χ4v) is 2.23. The van der Waals surface area contributed by atoms with Gasteiger partial charge in [-0.15, -0.1) is 0 Å². The summed E-state index contributed by atoms with van der Waals surface area (Å²) in [5.74, 6) is 0. The largest absolute Gasteiger partial charge is 0.417 e. The maximum absolute atomic E-state index is 8.04. The van der Waals surface area contributed by atoms with Crippen molar-refractivity contribution in [1.29, 1.82) is 0 Å². The molecule has 0 aliphatic carbocycles. The average Bonchev–Trinajstić information content (AvgIpc) is 2.18. The lowest BCUT2D eigenvalue weighted by Gasteiger charge is -2.36. The second-order valence-electron chi connectivity index (χ2n) is 5.42. The van der Waals surface area contributed by atoms with Gasteiger partial charge >= 0.3 is 0 Å². The van der Waals surface area contributed by atoms with Gasteiger partial charge in [-0.25, -0.2) is 0 Å². The molecule has 0 fully saturated rings. The molecular weight excluding hydrogens is 364 g/mol. The van der Waals surface area contributed by atoms with Crippen molar-refractivity contribution in [2.24, 2.45) is 0 Å². The molecule has 0 aromatic rings. The molecule has 0 aliphatic rings. The minimum Gasteiger partial charge on any atom is -0.417 e. The van der Waals surface area contributed by atoms with E-state index in [1.165, 1.54) is 0 Å². The van der Waals surface area contributed by atoms with Crippen LogP contribution in [0, 0.1) is 0 Å². The van der Waals surface area contributed by atoms with Gasteiger partial charge in [0.25, 0.3) is 0 Å². The second-order valence-corrected chi connectivity index (χ2v) is 11.8. The lowest BCUT2D eigenvalue weighted by molar-refractivity contribution is 0.289. The first-order chi connectivity index (χ1) is 7.72. The fourth-order valence-electron chi connectivity index (χ4n) is 0.658. The number of rotatable bonds is 6. The molecule has 106 valence electrons. The topological polar surface area (TPSA) is 29.5 Å². The number of hydrogen-bond acceptors (Lipinski definition) is 2. The third kappa shape index (κ3) is 11.9. The second kappa shape index (κ2) is 11.0. The molecule has 0 bridgehead atoms. The Labute approximate surface area is 125 Å². The first-order valence-electron chi connectivity index (χ1n) is 6.09. The van der Waals surface area contributed by atoms with E-state index < -0.39 is 8.32 Å². The average molecular weight is 392 g/mol. The molecule has 0 heterocycles. The SMILES string of the molecule is CC(C)(C)[Si](C)(C)OCCCBr.OCCCBr. The third-order valence-corrected chi connectivity index (χ3v) is 8.50. The minimum atomic E-state index is -1.46. The molecule has 1 N–H and O–H groups in total. The van der Waals surface area contributed by atoms with Crippen LogP contribution >= 0.6 is 31.9 Å². The van der Waals surface area contributed by atoms with Gasteiger partial charge in [0.05, 0.1) is 0 Å². The Morgan fingerprint density at radius 2 is 1.53 bits per heavy atom. The Morgan fingerprint density at radius 1 is 1.06 bits per heavy atom. The van der Waals surface area contributed by atoms with Crippen LogP contribution in [0.2, 0.25) is 18.1 Å². The van der Waals surface area contributed by atoms with Crippen LogP contribution in [0.4, 0.5) is 0 Å². The smallest absolute Gasteiger partial charge is 0.191 e. The van der Waals surface area contributed by atoms with E-state index in [0.29, 0.717) is 11.6 Å². The highest BCUT2D eigenvalue weighted by Crippen LogP contribution is 2.36. The van der Waals surface area contributed by atoms with Crippen molar-refractivity contribution in [2.75, 3.05) is 23.9 Å². The van der Waals surface area contributed by atoms with E-state index >= 15 is 0 Å². The molecule has 0 unspecified atom stereocenters. The lowest BCUT2D eigenvalue weighted by atomic mass is 10.2.